The monoisotopic (exact) mass is 389 g/mol. The summed E-state index contributed by atoms with van der Waals surface area (Å²) in [6.45, 7) is 7.47. The highest BCUT2D eigenvalue weighted by molar-refractivity contribution is 7.13. The second-order valence-corrected chi connectivity index (χ2v) is 7.79. The Kier molecular flexibility index (Phi) is 5.95. The molecule has 8 heteroatoms. The van der Waals surface area contributed by atoms with Crippen LogP contribution in [0, 0.1) is 12.8 Å². The van der Waals surface area contributed by atoms with Crippen molar-refractivity contribution in [1.29, 1.82) is 0 Å². The first-order valence-corrected chi connectivity index (χ1v) is 9.68. The van der Waals surface area contributed by atoms with Gasteiger partial charge in [0.05, 0.1) is 12.1 Å². The largest absolute Gasteiger partial charge is 0.486 e. The molecule has 144 valence electrons. The summed E-state index contributed by atoms with van der Waals surface area (Å²) >= 11 is 1.25. The number of carbonyl (C=O) groups is 2. The number of rotatable bonds is 6. The highest BCUT2D eigenvalue weighted by atomic mass is 32.1. The minimum Gasteiger partial charge on any atom is -0.486 e. The summed E-state index contributed by atoms with van der Waals surface area (Å²) in [4.78, 5) is 29.5. The molecular weight excluding hydrogens is 366 g/mol. The Morgan fingerprint density at radius 1 is 1.22 bits per heavy atom. The highest BCUT2D eigenvalue weighted by Gasteiger charge is 2.18. The van der Waals surface area contributed by atoms with E-state index in [-0.39, 0.29) is 18.2 Å². The lowest BCUT2D eigenvalue weighted by molar-refractivity contribution is -0.115. The van der Waals surface area contributed by atoms with Crippen LogP contribution in [0.2, 0.25) is 0 Å². The molecule has 2 aromatic rings. The summed E-state index contributed by atoms with van der Waals surface area (Å²) in [7, 11) is 0. The molecule has 2 amide bonds. The van der Waals surface area contributed by atoms with Crippen LogP contribution in [0.3, 0.4) is 0 Å². The van der Waals surface area contributed by atoms with Gasteiger partial charge in [-0.05, 0) is 25.0 Å². The molecule has 2 heterocycles. The van der Waals surface area contributed by atoms with Crippen LogP contribution >= 0.6 is 11.3 Å². The van der Waals surface area contributed by atoms with Gasteiger partial charge in [0.25, 0.3) is 5.91 Å². The Labute approximate surface area is 162 Å². The molecule has 0 atom stereocenters. The fourth-order valence-corrected chi connectivity index (χ4v) is 3.56. The Hall–Kier alpha value is -2.61. The number of fused-ring (bicyclic) bond motifs is 1. The molecule has 2 N–H and O–H groups in total. The number of aromatic nitrogens is 1. The van der Waals surface area contributed by atoms with Gasteiger partial charge < -0.3 is 20.1 Å². The normalized spacial score (nSPS) is 12.7. The number of hydrogen-bond donors (Lipinski definition) is 2. The van der Waals surface area contributed by atoms with Crippen molar-refractivity contribution in [3.05, 3.63) is 33.8 Å². The van der Waals surface area contributed by atoms with E-state index in [0.717, 1.165) is 0 Å². The van der Waals surface area contributed by atoms with Crippen molar-refractivity contribution in [1.82, 2.24) is 10.3 Å². The molecule has 7 nitrogen and oxygen atoms in total. The van der Waals surface area contributed by atoms with Gasteiger partial charge in [0.1, 0.15) is 23.1 Å². The van der Waals surface area contributed by atoms with Crippen molar-refractivity contribution >= 4 is 28.8 Å². The smallest absolute Gasteiger partial charge is 0.263 e. The van der Waals surface area contributed by atoms with E-state index in [9.17, 15) is 9.59 Å². The number of benzene rings is 1. The standard InChI is InChI=1S/C19H23N3O4S/c1-11(2)10-20-19(24)18-12(3)21-17(27-18)9-16(23)22-13-4-5-14-15(8-13)26-7-6-25-14/h4-5,8,11H,6-7,9-10H2,1-3H3,(H,20,24)(H,22,23). The third-order valence-corrected chi connectivity index (χ3v) is 5.01. The lowest BCUT2D eigenvalue weighted by atomic mass is 10.2. The van der Waals surface area contributed by atoms with Gasteiger partial charge in [0, 0.05) is 18.3 Å². The van der Waals surface area contributed by atoms with Crippen LogP contribution in [0.15, 0.2) is 18.2 Å². The molecule has 1 aromatic heterocycles. The zero-order chi connectivity index (χ0) is 19.4. The minimum absolute atomic E-state index is 0.109. The van der Waals surface area contributed by atoms with Gasteiger partial charge in [-0.25, -0.2) is 4.98 Å². The maximum Gasteiger partial charge on any atom is 0.263 e. The van der Waals surface area contributed by atoms with E-state index in [1.807, 2.05) is 13.8 Å². The summed E-state index contributed by atoms with van der Waals surface area (Å²) < 4.78 is 11.0. The predicted molar refractivity (Wildman–Crippen MR) is 104 cm³/mol. The Morgan fingerprint density at radius 2 is 1.96 bits per heavy atom. The van der Waals surface area contributed by atoms with E-state index in [2.05, 4.69) is 15.6 Å². The molecule has 0 saturated heterocycles. The molecule has 0 unspecified atom stereocenters. The number of aryl methyl sites for hydroxylation is 1. The molecule has 1 aliphatic rings. The van der Waals surface area contributed by atoms with Gasteiger partial charge in [-0.1, -0.05) is 13.8 Å². The molecule has 0 saturated carbocycles. The van der Waals surface area contributed by atoms with E-state index in [0.29, 0.717) is 58.4 Å². The summed E-state index contributed by atoms with van der Waals surface area (Å²) in [5.41, 5.74) is 1.27. The van der Waals surface area contributed by atoms with Gasteiger partial charge in [0.15, 0.2) is 11.5 Å². The number of carbonyl (C=O) groups excluding carboxylic acids is 2. The fourth-order valence-electron chi connectivity index (χ4n) is 2.58. The van der Waals surface area contributed by atoms with Crippen molar-refractivity contribution in [2.75, 3.05) is 25.1 Å². The van der Waals surface area contributed by atoms with Crippen LogP contribution in [0.5, 0.6) is 11.5 Å². The molecule has 27 heavy (non-hydrogen) atoms. The Bertz CT molecular complexity index is 847. The fraction of sp³-hybridized carbons (Fsp3) is 0.421. The highest BCUT2D eigenvalue weighted by Crippen LogP contribution is 2.32. The van der Waals surface area contributed by atoms with Gasteiger partial charge in [0.2, 0.25) is 5.91 Å². The van der Waals surface area contributed by atoms with Crippen molar-refractivity contribution in [3.63, 3.8) is 0 Å². The summed E-state index contributed by atoms with van der Waals surface area (Å²) in [5.74, 6) is 1.32. The molecule has 0 fully saturated rings. The number of anilines is 1. The number of amides is 2. The average Bonchev–Trinajstić information content (AvgIpc) is 2.99. The predicted octanol–water partition coefficient (Wildman–Crippen LogP) is 2.79. The number of nitrogens with zero attached hydrogens (tertiary/aromatic N) is 1. The minimum atomic E-state index is -0.199. The second-order valence-electron chi connectivity index (χ2n) is 6.71. The molecule has 1 aliphatic heterocycles. The first kappa shape index (κ1) is 19.2. The maximum atomic E-state index is 12.3. The number of hydrogen-bond acceptors (Lipinski definition) is 6. The van der Waals surface area contributed by atoms with Crippen LogP contribution in [-0.4, -0.2) is 36.6 Å². The van der Waals surface area contributed by atoms with Gasteiger partial charge in [-0.3, -0.25) is 9.59 Å². The zero-order valence-electron chi connectivity index (χ0n) is 15.6. The van der Waals surface area contributed by atoms with Gasteiger partial charge >= 0.3 is 0 Å². The number of ether oxygens (including phenoxy) is 2. The van der Waals surface area contributed by atoms with E-state index in [4.69, 9.17) is 9.47 Å². The summed E-state index contributed by atoms with van der Waals surface area (Å²) in [5, 5.41) is 6.32. The summed E-state index contributed by atoms with van der Waals surface area (Å²) in [6, 6.07) is 5.28. The molecule has 0 radical (unpaired) electrons. The maximum absolute atomic E-state index is 12.3. The molecule has 1 aromatic carbocycles. The van der Waals surface area contributed by atoms with Crippen LogP contribution in [0.1, 0.15) is 34.2 Å². The van der Waals surface area contributed by atoms with Crippen molar-refractivity contribution in [3.8, 4) is 11.5 Å². The van der Waals surface area contributed by atoms with E-state index in [1.165, 1.54) is 11.3 Å². The third-order valence-electron chi connectivity index (χ3n) is 3.86. The number of nitrogens with one attached hydrogen (secondary N) is 2. The second kappa shape index (κ2) is 8.39. The lowest BCUT2D eigenvalue weighted by Gasteiger charge is -2.18. The van der Waals surface area contributed by atoms with E-state index in [1.54, 1.807) is 25.1 Å². The first-order chi connectivity index (χ1) is 12.9. The molecular formula is C19H23N3O4S. The van der Waals surface area contributed by atoms with E-state index >= 15 is 0 Å². The van der Waals surface area contributed by atoms with Crippen molar-refractivity contribution in [2.45, 2.75) is 27.2 Å². The molecule has 0 aliphatic carbocycles. The summed E-state index contributed by atoms with van der Waals surface area (Å²) in [6.07, 6.45) is 0.109. The van der Waals surface area contributed by atoms with Crippen molar-refractivity contribution in [2.24, 2.45) is 5.92 Å². The average molecular weight is 389 g/mol. The zero-order valence-corrected chi connectivity index (χ0v) is 16.4. The van der Waals surface area contributed by atoms with Crippen LogP contribution in [0.25, 0.3) is 0 Å². The molecule has 0 spiro atoms. The Morgan fingerprint density at radius 3 is 2.70 bits per heavy atom. The van der Waals surface area contributed by atoms with Crippen LogP contribution in [0.4, 0.5) is 5.69 Å². The van der Waals surface area contributed by atoms with Gasteiger partial charge in [-0.15, -0.1) is 11.3 Å². The SMILES string of the molecule is Cc1nc(CC(=O)Nc2ccc3c(c2)OCCO3)sc1C(=O)NCC(C)C. The quantitative estimate of drug-likeness (QED) is 0.793. The number of thiazole rings is 1. The van der Waals surface area contributed by atoms with Crippen LogP contribution < -0.4 is 20.1 Å². The topological polar surface area (TPSA) is 89.6 Å². The van der Waals surface area contributed by atoms with Crippen molar-refractivity contribution < 1.29 is 19.1 Å². The molecule has 3 rings (SSSR count). The van der Waals surface area contributed by atoms with E-state index < -0.39 is 0 Å². The van der Waals surface area contributed by atoms with Crippen LogP contribution in [-0.2, 0) is 11.2 Å². The first-order valence-electron chi connectivity index (χ1n) is 8.86. The Balaban J connectivity index is 1.61. The molecule has 0 bridgehead atoms. The van der Waals surface area contributed by atoms with Gasteiger partial charge in [-0.2, -0.15) is 0 Å². The third kappa shape index (κ3) is 4.97. The lowest BCUT2D eigenvalue weighted by Crippen LogP contribution is -2.27.